The van der Waals surface area contributed by atoms with Gasteiger partial charge in [0.2, 0.25) is 0 Å². The van der Waals surface area contributed by atoms with Gasteiger partial charge in [0.1, 0.15) is 5.75 Å². The zero-order valence-corrected chi connectivity index (χ0v) is 17.3. The van der Waals surface area contributed by atoms with Gasteiger partial charge in [0, 0.05) is 11.1 Å². The van der Waals surface area contributed by atoms with Crippen molar-refractivity contribution < 1.29 is 9.53 Å². The molecule has 0 bridgehead atoms. The molecule has 1 saturated heterocycles. The summed E-state index contributed by atoms with van der Waals surface area (Å²) in [6.07, 6.45) is 6.33. The van der Waals surface area contributed by atoms with E-state index in [9.17, 15) is 4.79 Å². The summed E-state index contributed by atoms with van der Waals surface area (Å²) in [5, 5.41) is 0. The fraction of sp³-hybridized carbons (Fsp3) is 0.480. The first-order chi connectivity index (χ1) is 13.6. The first-order valence-electron chi connectivity index (χ1n) is 10.6. The van der Waals surface area contributed by atoms with E-state index >= 15 is 0 Å². The SMILES string of the molecule is CC(CCCOc1ccc(C(=O)c2ccccc2)cc1)C1CCCN(C)CC1. The lowest BCUT2D eigenvalue weighted by atomic mass is 9.85. The molecular formula is C25H33NO2. The van der Waals surface area contributed by atoms with E-state index in [2.05, 4.69) is 18.9 Å². The molecule has 3 rings (SSSR count). The van der Waals surface area contributed by atoms with E-state index < -0.39 is 0 Å². The van der Waals surface area contributed by atoms with Crippen molar-refractivity contribution in [3.8, 4) is 5.75 Å². The fourth-order valence-corrected chi connectivity index (χ4v) is 4.12. The van der Waals surface area contributed by atoms with Crippen LogP contribution in [0.4, 0.5) is 0 Å². The molecule has 1 aliphatic heterocycles. The van der Waals surface area contributed by atoms with Gasteiger partial charge in [0.15, 0.2) is 5.78 Å². The lowest BCUT2D eigenvalue weighted by Gasteiger charge is -2.22. The van der Waals surface area contributed by atoms with Gasteiger partial charge in [0.25, 0.3) is 0 Å². The van der Waals surface area contributed by atoms with Gasteiger partial charge in [0.05, 0.1) is 6.61 Å². The zero-order valence-electron chi connectivity index (χ0n) is 17.3. The van der Waals surface area contributed by atoms with Crippen LogP contribution in [0, 0.1) is 11.8 Å². The molecule has 1 heterocycles. The molecular weight excluding hydrogens is 346 g/mol. The predicted octanol–water partition coefficient (Wildman–Crippen LogP) is 5.44. The number of likely N-dealkylation sites (tertiary alicyclic amines) is 1. The van der Waals surface area contributed by atoms with E-state index in [1.165, 1.54) is 38.8 Å². The molecule has 0 N–H and O–H groups in total. The van der Waals surface area contributed by atoms with Crippen molar-refractivity contribution in [2.45, 2.75) is 39.0 Å². The van der Waals surface area contributed by atoms with Crippen LogP contribution < -0.4 is 4.74 Å². The molecule has 3 nitrogen and oxygen atoms in total. The van der Waals surface area contributed by atoms with E-state index in [1.54, 1.807) is 0 Å². The van der Waals surface area contributed by atoms with Gasteiger partial charge in [-0.05, 0) is 88.3 Å². The van der Waals surface area contributed by atoms with Crippen molar-refractivity contribution in [3.63, 3.8) is 0 Å². The number of rotatable bonds is 8. The molecule has 1 fully saturated rings. The smallest absolute Gasteiger partial charge is 0.193 e. The molecule has 0 amide bonds. The van der Waals surface area contributed by atoms with E-state index in [4.69, 9.17) is 4.74 Å². The van der Waals surface area contributed by atoms with Gasteiger partial charge in [-0.3, -0.25) is 4.79 Å². The number of benzene rings is 2. The highest BCUT2D eigenvalue weighted by atomic mass is 16.5. The van der Waals surface area contributed by atoms with Crippen LogP contribution in [-0.2, 0) is 0 Å². The predicted molar refractivity (Wildman–Crippen MR) is 115 cm³/mol. The number of nitrogens with zero attached hydrogens (tertiary/aromatic N) is 1. The molecule has 3 heteroatoms. The topological polar surface area (TPSA) is 29.5 Å². The van der Waals surface area contributed by atoms with Gasteiger partial charge in [-0.25, -0.2) is 0 Å². The first kappa shape index (κ1) is 20.6. The molecule has 0 radical (unpaired) electrons. The van der Waals surface area contributed by atoms with Gasteiger partial charge in [-0.15, -0.1) is 0 Å². The summed E-state index contributed by atoms with van der Waals surface area (Å²) in [5.74, 6) is 2.51. The number of ketones is 1. The van der Waals surface area contributed by atoms with Gasteiger partial charge < -0.3 is 9.64 Å². The normalized spacial score (nSPS) is 19.0. The second-order valence-corrected chi connectivity index (χ2v) is 8.18. The third-order valence-electron chi connectivity index (χ3n) is 6.03. The Morgan fingerprint density at radius 2 is 1.75 bits per heavy atom. The van der Waals surface area contributed by atoms with Crippen molar-refractivity contribution in [2.24, 2.45) is 11.8 Å². The molecule has 2 unspecified atom stereocenters. The molecule has 0 aliphatic carbocycles. The fourth-order valence-electron chi connectivity index (χ4n) is 4.12. The van der Waals surface area contributed by atoms with Crippen LogP contribution in [0.25, 0.3) is 0 Å². The summed E-state index contributed by atoms with van der Waals surface area (Å²) in [5.41, 5.74) is 1.42. The van der Waals surface area contributed by atoms with Gasteiger partial charge >= 0.3 is 0 Å². The van der Waals surface area contributed by atoms with Crippen LogP contribution in [0.15, 0.2) is 54.6 Å². The lowest BCUT2D eigenvalue weighted by molar-refractivity contribution is 0.103. The monoisotopic (exact) mass is 379 g/mol. The minimum Gasteiger partial charge on any atom is -0.494 e. The van der Waals surface area contributed by atoms with Crippen LogP contribution in [0.1, 0.15) is 54.9 Å². The lowest BCUT2D eigenvalue weighted by Crippen LogP contribution is -2.20. The van der Waals surface area contributed by atoms with Gasteiger partial charge in [-0.1, -0.05) is 37.3 Å². The van der Waals surface area contributed by atoms with Crippen LogP contribution in [0.3, 0.4) is 0 Å². The third-order valence-corrected chi connectivity index (χ3v) is 6.03. The maximum absolute atomic E-state index is 12.4. The van der Waals surface area contributed by atoms with Crippen LogP contribution >= 0.6 is 0 Å². The molecule has 2 aromatic carbocycles. The Kier molecular flexibility index (Phi) is 7.67. The van der Waals surface area contributed by atoms with Crippen LogP contribution in [-0.4, -0.2) is 37.4 Å². The van der Waals surface area contributed by atoms with E-state index in [0.29, 0.717) is 5.56 Å². The van der Waals surface area contributed by atoms with Gasteiger partial charge in [-0.2, -0.15) is 0 Å². The largest absolute Gasteiger partial charge is 0.494 e. The summed E-state index contributed by atoms with van der Waals surface area (Å²) in [7, 11) is 2.24. The number of carbonyl (C=O) groups excluding carboxylic acids is 1. The Bertz CT molecular complexity index is 726. The highest BCUT2D eigenvalue weighted by Gasteiger charge is 2.20. The second kappa shape index (κ2) is 10.4. The van der Waals surface area contributed by atoms with Crippen molar-refractivity contribution in [2.75, 3.05) is 26.7 Å². The standard InChI is InChI=1S/C25H33NO2/c1-20(21-11-6-17-26(2)18-16-21)8-7-19-28-24-14-12-23(13-15-24)25(27)22-9-4-3-5-10-22/h3-5,9-10,12-15,20-21H,6-8,11,16-19H2,1-2H3. The van der Waals surface area contributed by atoms with Crippen molar-refractivity contribution in [3.05, 3.63) is 65.7 Å². The minimum absolute atomic E-state index is 0.0509. The Hall–Kier alpha value is -2.13. The molecule has 150 valence electrons. The molecule has 0 aromatic heterocycles. The summed E-state index contributed by atoms with van der Waals surface area (Å²) < 4.78 is 5.91. The quantitative estimate of drug-likeness (QED) is 0.451. The Balaban J connectivity index is 1.41. The highest BCUT2D eigenvalue weighted by molar-refractivity contribution is 6.08. The Morgan fingerprint density at radius 3 is 2.50 bits per heavy atom. The van der Waals surface area contributed by atoms with E-state index in [-0.39, 0.29) is 5.78 Å². The Labute approximate surface area is 169 Å². The van der Waals surface area contributed by atoms with Crippen molar-refractivity contribution in [1.82, 2.24) is 4.90 Å². The number of carbonyl (C=O) groups is 1. The molecule has 1 aliphatic rings. The number of hydrogen-bond acceptors (Lipinski definition) is 3. The summed E-state index contributed by atoms with van der Waals surface area (Å²) >= 11 is 0. The molecule has 28 heavy (non-hydrogen) atoms. The first-order valence-corrected chi connectivity index (χ1v) is 10.6. The number of ether oxygens (including phenoxy) is 1. The summed E-state index contributed by atoms with van der Waals surface area (Å²) in [6.45, 7) is 5.62. The van der Waals surface area contributed by atoms with E-state index in [1.807, 2.05) is 54.6 Å². The van der Waals surface area contributed by atoms with Crippen LogP contribution in [0.2, 0.25) is 0 Å². The van der Waals surface area contributed by atoms with Crippen LogP contribution in [0.5, 0.6) is 5.75 Å². The molecule has 0 spiro atoms. The summed E-state index contributed by atoms with van der Waals surface area (Å²) in [4.78, 5) is 14.9. The molecule has 2 atom stereocenters. The number of hydrogen-bond donors (Lipinski definition) is 0. The zero-order chi connectivity index (χ0) is 19.8. The third kappa shape index (κ3) is 5.93. The maximum atomic E-state index is 12.4. The summed E-state index contributed by atoms with van der Waals surface area (Å²) in [6, 6.07) is 16.9. The van der Waals surface area contributed by atoms with E-state index in [0.717, 1.165) is 36.2 Å². The van der Waals surface area contributed by atoms with Crippen molar-refractivity contribution in [1.29, 1.82) is 0 Å². The average Bonchev–Trinajstić information content (AvgIpc) is 2.96. The second-order valence-electron chi connectivity index (χ2n) is 8.18. The Morgan fingerprint density at radius 1 is 1.04 bits per heavy atom. The van der Waals surface area contributed by atoms with Crippen molar-refractivity contribution >= 4 is 5.78 Å². The maximum Gasteiger partial charge on any atom is 0.193 e. The minimum atomic E-state index is 0.0509. The highest BCUT2D eigenvalue weighted by Crippen LogP contribution is 2.27. The molecule has 0 saturated carbocycles. The average molecular weight is 380 g/mol. The molecule has 2 aromatic rings.